The van der Waals surface area contributed by atoms with E-state index < -0.39 is 0 Å². The number of hydrogen-bond donors (Lipinski definition) is 2. The quantitative estimate of drug-likeness (QED) is 0.594. The highest BCUT2D eigenvalue weighted by atomic mass is 16.5. The van der Waals surface area contributed by atoms with E-state index in [1.807, 2.05) is 20.8 Å². The Morgan fingerprint density at radius 2 is 2.14 bits per heavy atom. The summed E-state index contributed by atoms with van der Waals surface area (Å²) < 4.78 is 5.08. The minimum absolute atomic E-state index is 0.0306. The van der Waals surface area contributed by atoms with E-state index in [1.165, 1.54) is 0 Å². The molecule has 0 saturated carbocycles. The maximum atomic E-state index is 11.2. The Morgan fingerprint density at radius 3 is 2.57 bits per heavy atom. The van der Waals surface area contributed by atoms with E-state index in [4.69, 9.17) is 9.84 Å². The molecule has 0 aromatic heterocycles. The lowest BCUT2D eigenvalue weighted by Crippen LogP contribution is -2.42. The van der Waals surface area contributed by atoms with Crippen LogP contribution >= 0.6 is 0 Å². The molecular weight excluding hydrogens is 182 g/mol. The Labute approximate surface area is 85.6 Å². The predicted octanol–water partition coefficient (Wildman–Crippen LogP) is 0.546. The normalized spacial score (nSPS) is 12.9. The first-order chi connectivity index (χ1) is 6.61. The van der Waals surface area contributed by atoms with Crippen LogP contribution in [0.1, 0.15) is 27.2 Å². The van der Waals surface area contributed by atoms with E-state index in [1.54, 1.807) is 0 Å². The van der Waals surface area contributed by atoms with Crippen LogP contribution in [0.5, 0.6) is 0 Å². The zero-order chi connectivity index (χ0) is 11.0. The molecule has 0 aliphatic rings. The fourth-order valence-electron chi connectivity index (χ4n) is 0.981. The second-order valence-electron chi connectivity index (χ2n) is 3.65. The average molecular weight is 203 g/mol. The number of carbonyl (C=O) groups is 1. The van der Waals surface area contributed by atoms with Gasteiger partial charge >= 0.3 is 0 Å². The molecule has 4 nitrogen and oxygen atoms in total. The monoisotopic (exact) mass is 203 g/mol. The summed E-state index contributed by atoms with van der Waals surface area (Å²) in [7, 11) is 0. The number of hydrogen-bond acceptors (Lipinski definition) is 3. The largest absolute Gasteiger partial charge is 0.394 e. The lowest BCUT2D eigenvalue weighted by Gasteiger charge is -2.19. The van der Waals surface area contributed by atoms with Crippen molar-refractivity contribution in [2.45, 2.75) is 33.2 Å². The van der Waals surface area contributed by atoms with Crippen molar-refractivity contribution in [2.24, 2.45) is 5.92 Å². The summed E-state index contributed by atoms with van der Waals surface area (Å²) in [6.45, 7) is 6.54. The van der Waals surface area contributed by atoms with E-state index >= 15 is 0 Å². The first-order valence-corrected chi connectivity index (χ1v) is 5.09. The van der Waals surface area contributed by atoms with Gasteiger partial charge in [0, 0.05) is 6.61 Å². The third kappa shape index (κ3) is 5.94. The van der Waals surface area contributed by atoms with Crippen LogP contribution in [0.25, 0.3) is 0 Å². The Balaban J connectivity index is 3.68. The highest BCUT2D eigenvalue weighted by Gasteiger charge is 2.14. The molecule has 0 saturated heterocycles. The van der Waals surface area contributed by atoms with Gasteiger partial charge in [0.15, 0.2) is 0 Å². The van der Waals surface area contributed by atoms with Crippen molar-refractivity contribution in [3.8, 4) is 0 Å². The van der Waals surface area contributed by atoms with E-state index in [9.17, 15) is 4.79 Å². The smallest absolute Gasteiger partial charge is 0.246 e. The van der Waals surface area contributed by atoms with E-state index in [2.05, 4.69) is 5.32 Å². The average Bonchev–Trinajstić information content (AvgIpc) is 2.14. The molecule has 14 heavy (non-hydrogen) atoms. The van der Waals surface area contributed by atoms with Crippen LogP contribution in [0.3, 0.4) is 0 Å². The Hall–Kier alpha value is -0.610. The summed E-state index contributed by atoms with van der Waals surface area (Å²) in [5.74, 6) is 0.0707. The molecule has 0 bridgehead atoms. The lowest BCUT2D eigenvalue weighted by molar-refractivity contribution is -0.127. The van der Waals surface area contributed by atoms with E-state index in [0.29, 0.717) is 6.61 Å². The van der Waals surface area contributed by atoms with Crippen LogP contribution < -0.4 is 5.32 Å². The molecule has 84 valence electrons. The topological polar surface area (TPSA) is 58.6 Å². The van der Waals surface area contributed by atoms with Gasteiger partial charge in [0.05, 0.1) is 12.6 Å². The number of ether oxygens (including phenoxy) is 1. The van der Waals surface area contributed by atoms with Gasteiger partial charge in [-0.2, -0.15) is 0 Å². The van der Waals surface area contributed by atoms with E-state index in [0.717, 1.165) is 6.42 Å². The van der Waals surface area contributed by atoms with Gasteiger partial charge in [-0.05, 0) is 12.3 Å². The van der Waals surface area contributed by atoms with Crippen molar-refractivity contribution < 1.29 is 14.6 Å². The minimum Gasteiger partial charge on any atom is -0.394 e. The first-order valence-electron chi connectivity index (χ1n) is 5.09. The minimum atomic E-state index is -0.173. The molecule has 1 amide bonds. The second kappa shape index (κ2) is 7.76. The number of rotatable bonds is 7. The number of aliphatic hydroxyl groups excluding tert-OH is 1. The van der Waals surface area contributed by atoms with Crippen LogP contribution in [0.4, 0.5) is 0 Å². The SMILES string of the molecule is CCCOCC(=O)N[C@H](CO)C(C)C. The summed E-state index contributed by atoms with van der Waals surface area (Å²) >= 11 is 0. The van der Waals surface area contributed by atoms with Crippen molar-refractivity contribution in [3.05, 3.63) is 0 Å². The predicted molar refractivity (Wildman–Crippen MR) is 55.0 cm³/mol. The first kappa shape index (κ1) is 13.4. The standard InChI is InChI=1S/C10H21NO3/c1-4-5-14-7-10(13)11-9(6-12)8(2)3/h8-9,12H,4-7H2,1-3H3,(H,11,13)/t9-/m1/s1. The van der Waals surface area contributed by atoms with Crippen molar-refractivity contribution in [1.82, 2.24) is 5.32 Å². The van der Waals surface area contributed by atoms with Crippen LogP contribution in [0.15, 0.2) is 0 Å². The molecule has 0 aliphatic heterocycles. The number of carbonyl (C=O) groups excluding carboxylic acids is 1. The molecule has 0 aliphatic carbocycles. The number of aliphatic hydroxyl groups is 1. The molecule has 0 aromatic carbocycles. The van der Waals surface area contributed by atoms with Crippen LogP contribution in [-0.4, -0.2) is 36.9 Å². The van der Waals surface area contributed by atoms with E-state index in [-0.39, 0.29) is 31.1 Å². The number of nitrogens with one attached hydrogen (secondary N) is 1. The molecular formula is C10H21NO3. The molecule has 0 fully saturated rings. The van der Waals surface area contributed by atoms with Crippen LogP contribution in [0.2, 0.25) is 0 Å². The van der Waals surface area contributed by atoms with Crippen LogP contribution in [-0.2, 0) is 9.53 Å². The lowest BCUT2D eigenvalue weighted by atomic mass is 10.1. The van der Waals surface area contributed by atoms with Crippen LogP contribution in [0, 0.1) is 5.92 Å². The van der Waals surface area contributed by atoms with Crippen molar-refractivity contribution in [2.75, 3.05) is 19.8 Å². The fraction of sp³-hybridized carbons (Fsp3) is 0.900. The second-order valence-corrected chi connectivity index (χ2v) is 3.65. The molecule has 1 atom stereocenters. The van der Waals surface area contributed by atoms with Crippen molar-refractivity contribution in [3.63, 3.8) is 0 Å². The summed E-state index contributed by atoms with van der Waals surface area (Å²) in [5, 5.41) is 11.7. The van der Waals surface area contributed by atoms with Crippen molar-refractivity contribution in [1.29, 1.82) is 0 Å². The van der Waals surface area contributed by atoms with Gasteiger partial charge in [0.2, 0.25) is 5.91 Å². The van der Waals surface area contributed by atoms with Gasteiger partial charge < -0.3 is 15.2 Å². The molecule has 0 heterocycles. The molecule has 0 radical (unpaired) electrons. The summed E-state index contributed by atoms with van der Waals surface area (Å²) in [5.41, 5.74) is 0. The molecule has 0 aromatic rings. The molecule has 0 spiro atoms. The summed E-state index contributed by atoms with van der Waals surface area (Å²) in [4.78, 5) is 11.2. The third-order valence-corrected chi connectivity index (χ3v) is 1.93. The van der Waals surface area contributed by atoms with Gasteiger partial charge in [-0.1, -0.05) is 20.8 Å². The summed E-state index contributed by atoms with van der Waals surface area (Å²) in [6, 6.07) is -0.173. The van der Waals surface area contributed by atoms with Gasteiger partial charge in [-0.3, -0.25) is 4.79 Å². The zero-order valence-corrected chi connectivity index (χ0v) is 9.25. The summed E-state index contributed by atoms with van der Waals surface area (Å²) in [6.07, 6.45) is 0.904. The number of amides is 1. The zero-order valence-electron chi connectivity index (χ0n) is 9.25. The van der Waals surface area contributed by atoms with Crippen molar-refractivity contribution >= 4 is 5.91 Å². The Morgan fingerprint density at radius 1 is 1.50 bits per heavy atom. The maximum absolute atomic E-state index is 11.2. The van der Waals surface area contributed by atoms with Gasteiger partial charge in [-0.15, -0.1) is 0 Å². The molecule has 0 unspecified atom stereocenters. The van der Waals surface area contributed by atoms with Gasteiger partial charge in [0.1, 0.15) is 6.61 Å². The third-order valence-electron chi connectivity index (χ3n) is 1.93. The maximum Gasteiger partial charge on any atom is 0.246 e. The molecule has 0 rings (SSSR count). The molecule has 2 N–H and O–H groups in total. The fourth-order valence-corrected chi connectivity index (χ4v) is 0.981. The Bertz CT molecular complexity index is 159. The van der Waals surface area contributed by atoms with Gasteiger partial charge in [0.25, 0.3) is 0 Å². The highest BCUT2D eigenvalue weighted by molar-refractivity contribution is 5.77. The highest BCUT2D eigenvalue weighted by Crippen LogP contribution is 1.99. The molecule has 4 heteroatoms. The van der Waals surface area contributed by atoms with Gasteiger partial charge in [-0.25, -0.2) is 0 Å². The Kier molecular flexibility index (Phi) is 7.42.